The van der Waals surface area contributed by atoms with Crippen molar-refractivity contribution in [3.05, 3.63) is 24.0 Å². The lowest BCUT2D eigenvalue weighted by atomic mass is 10.3. The van der Waals surface area contributed by atoms with Crippen LogP contribution in [0.1, 0.15) is 12.8 Å². The van der Waals surface area contributed by atoms with Crippen LogP contribution in [0, 0.1) is 5.82 Å². The topological polar surface area (TPSA) is 73.8 Å². The second-order valence-corrected chi connectivity index (χ2v) is 7.34. The van der Waals surface area contributed by atoms with Gasteiger partial charge in [0.05, 0.1) is 10.2 Å². The van der Waals surface area contributed by atoms with Gasteiger partial charge < -0.3 is 4.90 Å². The average Bonchev–Trinajstić information content (AvgIpc) is 3.12. The van der Waals surface area contributed by atoms with Gasteiger partial charge in [0, 0.05) is 25.9 Å². The summed E-state index contributed by atoms with van der Waals surface area (Å²) in [4.78, 5) is 45.2. The Morgan fingerprint density at radius 3 is 2.58 bits per heavy atom. The van der Waals surface area contributed by atoms with E-state index in [0.717, 1.165) is 4.90 Å². The van der Waals surface area contributed by atoms with Gasteiger partial charge in [0.15, 0.2) is 5.13 Å². The number of amides is 3. The molecule has 3 amide bonds. The van der Waals surface area contributed by atoms with Crippen LogP contribution in [-0.2, 0) is 14.4 Å². The number of hydrogen-bond acceptors (Lipinski definition) is 6. The Labute approximate surface area is 154 Å². The van der Waals surface area contributed by atoms with E-state index in [-0.39, 0.29) is 42.9 Å². The number of rotatable bonds is 6. The zero-order chi connectivity index (χ0) is 18.8. The lowest BCUT2D eigenvalue weighted by Crippen LogP contribution is -2.44. The lowest BCUT2D eigenvalue weighted by Gasteiger charge is -2.24. The first-order chi connectivity index (χ1) is 12.3. The Bertz CT molecular complexity index is 851. The van der Waals surface area contributed by atoms with E-state index in [9.17, 15) is 18.8 Å². The Morgan fingerprint density at radius 1 is 1.23 bits per heavy atom. The van der Waals surface area contributed by atoms with Crippen LogP contribution in [0.3, 0.4) is 0 Å². The van der Waals surface area contributed by atoms with Crippen LogP contribution in [0.15, 0.2) is 18.2 Å². The normalized spacial score (nSPS) is 14.7. The molecule has 0 spiro atoms. The number of likely N-dealkylation sites (N-methyl/N-ethyl adjacent to an activating group) is 1. The minimum absolute atomic E-state index is 0.143. The number of nitrogens with zero attached hydrogens (tertiary/aromatic N) is 4. The minimum atomic E-state index is -0.380. The van der Waals surface area contributed by atoms with Crippen LogP contribution < -0.4 is 4.90 Å². The second-order valence-electron chi connectivity index (χ2n) is 6.33. The van der Waals surface area contributed by atoms with Crippen LogP contribution in [0.2, 0.25) is 0 Å². The molecule has 2 heterocycles. The van der Waals surface area contributed by atoms with Crippen molar-refractivity contribution in [3.63, 3.8) is 0 Å². The highest BCUT2D eigenvalue weighted by Gasteiger charge is 2.32. The van der Waals surface area contributed by atoms with Crippen molar-refractivity contribution in [3.8, 4) is 0 Å². The Morgan fingerprint density at radius 2 is 1.92 bits per heavy atom. The number of carbonyl (C=O) groups is 3. The second kappa shape index (κ2) is 7.46. The molecular formula is C17H19FN4O3S. The van der Waals surface area contributed by atoms with Crippen LogP contribution in [0.5, 0.6) is 0 Å². The molecule has 9 heteroatoms. The maximum absolute atomic E-state index is 13.4. The van der Waals surface area contributed by atoms with Gasteiger partial charge in [0.25, 0.3) is 0 Å². The summed E-state index contributed by atoms with van der Waals surface area (Å²) < 4.78 is 14.1. The van der Waals surface area contributed by atoms with E-state index in [2.05, 4.69) is 4.98 Å². The molecule has 3 rings (SSSR count). The number of likely N-dealkylation sites (tertiary alicyclic amines) is 1. The number of benzene rings is 1. The molecule has 26 heavy (non-hydrogen) atoms. The molecule has 1 saturated heterocycles. The first-order valence-corrected chi connectivity index (χ1v) is 9.01. The van der Waals surface area contributed by atoms with Crippen molar-refractivity contribution in [1.82, 2.24) is 14.8 Å². The van der Waals surface area contributed by atoms with Gasteiger partial charge in [-0.3, -0.25) is 24.2 Å². The van der Waals surface area contributed by atoms with Gasteiger partial charge in [0.2, 0.25) is 17.7 Å². The van der Waals surface area contributed by atoms with E-state index in [1.807, 2.05) is 19.0 Å². The van der Waals surface area contributed by atoms with Crippen molar-refractivity contribution >= 4 is 44.4 Å². The highest BCUT2D eigenvalue weighted by atomic mass is 32.1. The molecule has 138 valence electrons. The largest absolute Gasteiger partial charge is 0.308 e. The zero-order valence-electron chi connectivity index (χ0n) is 14.6. The number of halogens is 1. The summed E-state index contributed by atoms with van der Waals surface area (Å²) >= 11 is 1.21. The number of fused-ring (bicyclic) bond motifs is 1. The van der Waals surface area contributed by atoms with Crippen LogP contribution >= 0.6 is 11.3 Å². The standard InChI is InChI=1S/C17H19FN4O3S/c1-20(2)7-8-21(16(25)10-22-14(23)5-6-15(22)24)17-19-12-4-3-11(18)9-13(12)26-17/h3-4,9H,5-8,10H2,1-2H3. The smallest absolute Gasteiger partial charge is 0.248 e. The van der Waals surface area contributed by atoms with E-state index in [1.54, 1.807) is 6.07 Å². The molecule has 1 aliphatic rings. The van der Waals surface area contributed by atoms with Crippen molar-refractivity contribution in [1.29, 1.82) is 0 Å². The summed E-state index contributed by atoms with van der Waals surface area (Å²) in [7, 11) is 3.76. The van der Waals surface area contributed by atoms with Gasteiger partial charge in [-0.05, 0) is 32.3 Å². The van der Waals surface area contributed by atoms with Gasteiger partial charge in [-0.15, -0.1) is 0 Å². The fraction of sp³-hybridized carbons (Fsp3) is 0.412. The highest BCUT2D eigenvalue weighted by Crippen LogP contribution is 2.29. The molecule has 7 nitrogen and oxygen atoms in total. The van der Waals surface area contributed by atoms with Gasteiger partial charge in [-0.25, -0.2) is 9.37 Å². The molecular weight excluding hydrogens is 359 g/mol. The fourth-order valence-electron chi connectivity index (χ4n) is 2.65. The number of anilines is 1. The van der Waals surface area contributed by atoms with Gasteiger partial charge in [-0.2, -0.15) is 0 Å². The third-order valence-electron chi connectivity index (χ3n) is 4.09. The van der Waals surface area contributed by atoms with E-state index in [0.29, 0.717) is 28.4 Å². The Balaban J connectivity index is 1.86. The molecule has 1 aliphatic heterocycles. The molecule has 0 atom stereocenters. The van der Waals surface area contributed by atoms with Crippen molar-refractivity contribution in [2.75, 3.05) is 38.6 Å². The number of carbonyl (C=O) groups excluding carboxylic acids is 3. The molecule has 1 aromatic heterocycles. The molecule has 0 radical (unpaired) electrons. The van der Waals surface area contributed by atoms with E-state index in [1.165, 1.54) is 28.4 Å². The molecule has 2 aromatic rings. The molecule has 1 aromatic carbocycles. The zero-order valence-corrected chi connectivity index (χ0v) is 15.4. The summed E-state index contributed by atoms with van der Waals surface area (Å²) in [5.41, 5.74) is 0.599. The van der Waals surface area contributed by atoms with Crippen LogP contribution in [0.25, 0.3) is 10.2 Å². The number of aromatic nitrogens is 1. The number of imide groups is 1. The van der Waals surface area contributed by atoms with E-state index in [4.69, 9.17) is 0 Å². The molecule has 0 saturated carbocycles. The molecule has 0 unspecified atom stereocenters. The maximum atomic E-state index is 13.4. The summed E-state index contributed by atoms with van der Waals surface area (Å²) in [5.74, 6) is -1.41. The Hall–Kier alpha value is -2.39. The van der Waals surface area contributed by atoms with E-state index < -0.39 is 0 Å². The summed E-state index contributed by atoms with van der Waals surface area (Å²) in [6.45, 7) is 0.637. The predicted octanol–water partition coefficient (Wildman–Crippen LogP) is 1.48. The van der Waals surface area contributed by atoms with Gasteiger partial charge in [-0.1, -0.05) is 11.3 Å². The van der Waals surface area contributed by atoms with Crippen LogP contribution in [0.4, 0.5) is 9.52 Å². The summed E-state index contributed by atoms with van der Waals surface area (Å²) in [6, 6.07) is 4.25. The molecule has 1 fully saturated rings. The summed E-state index contributed by atoms with van der Waals surface area (Å²) in [5, 5.41) is 0.427. The number of hydrogen-bond donors (Lipinski definition) is 0. The van der Waals surface area contributed by atoms with Crippen molar-refractivity contribution < 1.29 is 18.8 Å². The molecule has 0 N–H and O–H groups in total. The highest BCUT2D eigenvalue weighted by molar-refractivity contribution is 7.22. The Kier molecular flexibility index (Phi) is 5.28. The predicted molar refractivity (Wildman–Crippen MR) is 96.4 cm³/mol. The van der Waals surface area contributed by atoms with Gasteiger partial charge in [0.1, 0.15) is 12.4 Å². The van der Waals surface area contributed by atoms with Crippen molar-refractivity contribution in [2.45, 2.75) is 12.8 Å². The van der Waals surface area contributed by atoms with Crippen LogP contribution in [-0.4, -0.2) is 66.2 Å². The third-order valence-corrected chi connectivity index (χ3v) is 5.13. The fourth-order valence-corrected chi connectivity index (χ4v) is 3.68. The van der Waals surface area contributed by atoms with Gasteiger partial charge >= 0.3 is 0 Å². The minimum Gasteiger partial charge on any atom is -0.308 e. The average molecular weight is 378 g/mol. The quantitative estimate of drug-likeness (QED) is 0.712. The van der Waals surface area contributed by atoms with Crippen molar-refractivity contribution in [2.24, 2.45) is 0 Å². The number of thiazole rings is 1. The SMILES string of the molecule is CN(C)CCN(C(=O)CN1C(=O)CCC1=O)c1nc2ccc(F)cc2s1. The third kappa shape index (κ3) is 3.88. The molecule has 0 bridgehead atoms. The monoisotopic (exact) mass is 378 g/mol. The van der Waals surface area contributed by atoms with E-state index >= 15 is 0 Å². The first kappa shape index (κ1) is 18.4. The first-order valence-electron chi connectivity index (χ1n) is 8.19. The lowest BCUT2D eigenvalue weighted by molar-refractivity contribution is -0.141. The summed E-state index contributed by atoms with van der Waals surface area (Å²) in [6.07, 6.45) is 0.286. The maximum Gasteiger partial charge on any atom is 0.248 e. The molecule has 0 aliphatic carbocycles.